The standard InChI is InChI=1S/C16H20ClN3O2/c1-16(2,15(21)22-3)11-5-4-8-20(10-11)14-7-6-12(17)13(9-18)19-14/h6-7,11H,4-5,8,10H2,1-3H3. The molecule has 2 heterocycles. The average molecular weight is 322 g/mol. The quantitative estimate of drug-likeness (QED) is 0.801. The van der Waals surface area contributed by atoms with Gasteiger partial charge in [0.05, 0.1) is 17.5 Å². The first-order chi connectivity index (χ1) is 10.4. The molecule has 22 heavy (non-hydrogen) atoms. The highest BCUT2D eigenvalue weighted by molar-refractivity contribution is 6.31. The highest BCUT2D eigenvalue weighted by Crippen LogP contribution is 2.36. The molecule has 0 radical (unpaired) electrons. The number of carbonyl (C=O) groups excluding carboxylic acids is 1. The number of hydrogen-bond acceptors (Lipinski definition) is 5. The van der Waals surface area contributed by atoms with Gasteiger partial charge in [-0.15, -0.1) is 0 Å². The van der Waals surface area contributed by atoms with Crippen LogP contribution in [0.3, 0.4) is 0 Å². The number of esters is 1. The molecule has 0 aliphatic carbocycles. The van der Waals surface area contributed by atoms with Crippen LogP contribution in [0.2, 0.25) is 5.02 Å². The number of nitriles is 1. The summed E-state index contributed by atoms with van der Waals surface area (Å²) < 4.78 is 4.93. The fraction of sp³-hybridized carbons (Fsp3) is 0.562. The van der Waals surface area contributed by atoms with Gasteiger partial charge in [0.1, 0.15) is 11.9 Å². The Morgan fingerprint density at radius 1 is 1.55 bits per heavy atom. The molecule has 1 aromatic rings. The average Bonchev–Trinajstić information content (AvgIpc) is 2.54. The highest BCUT2D eigenvalue weighted by atomic mass is 35.5. The second kappa shape index (κ2) is 6.53. The number of aromatic nitrogens is 1. The second-order valence-electron chi connectivity index (χ2n) is 6.11. The Morgan fingerprint density at radius 3 is 2.91 bits per heavy atom. The molecule has 0 bridgehead atoms. The summed E-state index contributed by atoms with van der Waals surface area (Å²) in [4.78, 5) is 18.4. The number of ether oxygens (including phenoxy) is 1. The van der Waals surface area contributed by atoms with Crippen LogP contribution in [-0.4, -0.2) is 31.2 Å². The van der Waals surface area contributed by atoms with Gasteiger partial charge < -0.3 is 9.64 Å². The van der Waals surface area contributed by atoms with Crippen molar-refractivity contribution in [3.05, 3.63) is 22.8 Å². The van der Waals surface area contributed by atoms with E-state index in [9.17, 15) is 4.79 Å². The van der Waals surface area contributed by atoms with Crippen LogP contribution < -0.4 is 4.90 Å². The van der Waals surface area contributed by atoms with Gasteiger partial charge in [-0.25, -0.2) is 4.98 Å². The molecule has 1 aliphatic heterocycles. The number of pyridine rings is 1. The SMILES string of the molecule is COC(=O)C(C)(C)C1CCCN(c2ccc(Cl)c(C#N)n2)C1. The van der Waals surface area contributed by atoms with E-state index in [0.717, 1.165) is 25.2 Å². The van der Waals surface area contributed by atoms with Gasteiger partial charge in [0.2, 0.25) is 0 Å². The molecule has 1 aliphatic rings. The summed E-state index contributed by atoms with van der Waals surface area (Å²) >= 11 is 5.93. The fourth-order valence-electron chi connectivity index (χ4n) is 2.89. The Labute approximate surface area is 135 Å². The zero-order valence-electron chi connectivity index (χ0n) is 13.1. The van der Waals surface area contributed by atoms with E-state index in [1.54, 1.807) is 6.07 Å². The van der Waals surface area contributed by atoms with Crippen LogP contribution in [0.4, 0.5) is 5.82 Å². The molecule has 0 aromatic carbocycles. The number of hydrogen-bond donors (Lipinski definition) is 0. The maximum Gasteiger partial charge on any atom is 0.311 e. The number of anilines is 1. The lowest BCUT2D eigenvalue weighted by molar-refractivity contribution is -0.154. The first kappa shape index (κ1) is 16.6. The molecule has 1 atom stereocenters. The van der Waals surface area contributed by atoms with Crippen molar-refractivity contribution in [1.82, 2.24) is 4.98 Å². The highest BCUT2D eigenvalue weighted by Gasteiger charge is 2.40. The molecule has 6 heteroatoms. The third-order valence-corrected chi connectivity index (χ3v) is 4.72. The topological polar surface area (TPSA) is 66.2 Å². The van der Waals surface area contributed by atoms with E-state index in [4.69, 9.17) is 21.6 Å². The number of piperidine rings is 1. The Balaban J connectivity index is 2.21. The van der Waals surface area contributed by atoms with Crippen molar-refractivity contribution in [3.8, 4) is 6.07 Å². The van der Waals surface area contributed by atoms with Crippen molar-refractivity contribution >= 4 is 23.4 Å². The molecule has 1 unspecified atom stereocenters. The van der Waals surface area contributed by atoms with Gasteiger partial charge in [0.25, 0.3) is 0 Å². The van der Waals surface area contributed by atoms with E-state index in [0.29, 0.717) is 11.6 Å². The van der Waals surface area contributed by atoms with Crippen LogP contribution in [0.1, 0.15) is 32.4 Å². The molecule has 0 saturated carbocycles. The minimum atomic E-state index is -0.544. The molecule has 0 spiro atoms. The summed E-state index contributed by atoms with van der Waals surface area (Å²) in [5, 5.41) is 9.41. The lowest BCUT2D eigenvalue weighted by Gasteiger charge is -2.40. The number of carbonyl (C=O) groups is 1. The molecule has 2 rings (SSSR count). The predicted octanol–water partition coefficient (Wildman–Crippen LogP) is 3.02. The van der Waals surface area contributed by atoms with Crippen molar-refractivity contribution in [3.63, 3.8) is 0 Å². The van der Waals surface area contributed by atoms with Gasteiger partial charge >= 0.3 is 5.97 Å². The number of methoxy groups -OCH3 is 1. The normalized spacial score (nSPS) is 18.7. The fourth-order valence-corrected chi connectivity index (χ4v) is 3.04. The molecular formula is C16H20ClN3O2. The van der Waals surface area contributed by atoms with Gasteiger partial charge in [-0.1, -0.05) is 11.6 Å². The molecule has 1 aromatic heterocycles. The van der Waals surface area contributed by atoms with E-state index in [-0.39, 0.29) is 17.6 Å². The van der Waals surface area contributed by atoms with E-state index in [1.807, 2.05) is 26.0 Å². The lowest BCUT2D eigenvalue weighted by Crippen LogP contribution is -2.45. The minimum absolute atomic E-state index is 0.178. The third-order valence-electron chi connectivity index (χ3n) is 4.41. The van der Waals surface area contributed by atoms with Crippen LogP contribution in [0.15, 0.2) is 12.1 Å². The number of halogens is 1. The summed E-state index contributed by atoms with van der Waals surface area (Å²) in [6, 6.07) is 5.51. The van der Waals surface area contributed by atoms with Gasteiger partial charge in [-0.05, 0) is 44.7 Å². The zero-order valence-corrected chi connectivity index (χ0v) is 13.9. The van der Waals surface area contributed by atoms with Crippen LogP contribution >= 0.6 is 11.6 Å². The lowest BCUT2D eigenvalue weighted by atomic mass is 9.74. The van der Waals surface area contributed by atoms with Gasteiger partial charge in [0.15, 0.2) is 5.69 Å². The molecular weight excluding hydrogens is 302 g/mol. The van der Waals surface area contributed by atoms with Crippen molar-refractivity contribution in [1.29, 1.82) is 5.26 Å². The number of nitrogens with zero attached hydrogens (tertiary/aromatic N) is 3. The molecule has 118 valence electrons. The first-order valence-electron chi connectivity index (χ1n) is 7.30. The van der Waals surface area contributed by atoms with Crippen LogP contribution in [0.5, 0.6) is 0 Å². The van der Waals surface area contributed by atoms with Crippen molar-refractivity contribution < 1.29 is 9.53 Å². The number of rotatable bonds is 3. The van der Waals surface area contributed by atoms with Crippen molar-refractivity contribution in [2.45, 2.75) is 26.7 Å². The van der Waals surface area contributed by atoms with E-state index in [2.05, 4.69) is 9.88 Å². The predicted molar refractivity (Wildman–Crippen MR) is 84.7 cm³/mol. The summed E-state index contributed by atoms with van der Waals surface area (Å²) in [5.41, 5.74) is -0.314. The van der Waals surface area contributed by atoms with Crippen LogP contribution in [0, 0.1) is 22.7 Å². The van der Waals surface area contributed by atoms with Crippen molar-refractivity contribution in [2.75, 3.05) is 25.1 Å². The second-order valence-corrected chi connectivity index (χ2v) is 6.52. The molecule has 1 saturated heterocycles. The van der Waals surface area contributed by atoms with E-state index < -0.39 is 5.41 Å². The summed E-state index contributed by atoms with van der Waals surface area (Å²) in [5.74, 6) is 0.712. The largest absolute Gasteiger partial charge is 0.469 e. The molecule has 1 fully saturated rings. The Hall–Kier alpha value is -1.80. The first-order valence-corrected chi connectivity index (χ1v) is 7.68. The summed E-state index contributed by atoms with van der Waals surface area (Å²) in [6.45, 7) is 5.40. The maximum absolute atomic E-state index is 12.0. The third kappa shape index (κ3) is 3.17. The summed E-state index contributed by atoms with van der Waals surface area (Å²) in [6.07, 6.45) is 1.94. The summed E-state index contributed by atoms with van der Waals surface area (Å²) in [7, 11) is 1.42. The van der Waals surface area contributed by atoms with E-state index >= 15 is 0 Å². The Morgan fingerprint density at radius 2 is 2.27 bits per heavy atom. The van der Waals surface area contributed by atoms with Gasteiger partial charge in [-0.2, -0.15) is 5.26 Å². The molecule has 0 amide bonds. The van der Waals surface area contributed by atoms with E-state index in [1.165, 1.54) is 7.11 Å². The maximum atomic E-state index is 12.0. The van der Waals surface area contributed by atoms with Gasteiger partial charge in [-0.3, -0.25) is 4.79 Å². The Bertz CT molecular complexity index is 610. The van der Waals surface area contributed by atoms with Gasteiger partial charge in [0, 0.05) is 13.1 Å². The minimum Gasteiger partial charge on any atom is -0.469 e. The van der Waals surface area contributed by atoms with Crippen LogP contribution in [-0.2, 0) is 9.53 Å². The molecule has 5 nitrogen and oxygen atoms in total. The van der Waals surface area contributed by atoms with Crippen LogP contribution in [0.25, 0.3) is 0 Å². The Kier molecular flexibility index (Phi) is 4.92. The van der Waals surface area contributed by atoms with Crippen molar-refractivity contribution in [2.24, 2.45) is 11.3 Å². The monoisotopic (exact) mass is 321 g/mol. The molecule has 0 N–H and O–H groups in total. The smallest absolute Gasteiger partial charge is 0.311 e. The zero-order chi connectivity index (χ0) is 16.3.